The molecule has 28 heavy (non-hydrogen) atoms. The van der Waals surface area contributed by atoms with Crippen LogP contribution in [0.3, 0.4) is 0 Å². The number of furan rings is 1. The quantitative estimate of drug-likeness (QED) is 0.527. The second-order valence-electron chi connectivity index (χ2n) is 6.14. The Morgan fingerprint density at radius 1 is 1.04 bits per heavy atom. The molecule has 0 aliphatic heterocycles. The maximum Gasteiger partial charge on any atom is 0.262 e. The molecule has 0 fully saturated rings. The Hall–Kier alpha value is -4.09. The van der Waals surface area contributed by atoms with Crippen molar-refractivity contribution in [2.45, 2.75) is 13.0 Å². The monoisotopic (exact) mass is 367 g/mol. The van der Waals surface area contributed by atoms with Gasteiger partial charge in [0.1, 0.15) is 23.2 Å². The summed E-state index contributed by atoms with van der Waals surface area (Å²) in [7, 11) is 0. The lowest BCUT2D eigenvalue weighted by Crippen LogP contribution is -2.27. The predicted molar refractivity (Wildman–Crippen MR) is 105 cm³/mol. The van der Waals surface area contributed by atoms with Gasteiger partial charge in [-0.15, -0.1) is 0 Å². The van der Waals surface area contributed by atoms with Crippen LogP contribution in [0.5, 0.6) is 0 Å². The lowest BCUT2D eigenvalue weighted by atomic mass is 10.1. The van der Waals surface area contributed by atoms with Crippen molar-refractivity contribution in [3.63, 3.8) is 0 Å². The van der Waals surface area contributed by atoms with E-state index in [4.69, 9.17) is 4.42 Å². The van der Waals surface area contributed by atoms with Crippen molar-refractivity contribution in [3.8, 4) is 23.5 Å². The summed E-state index contributed by atoms with van der Waals surface area (Å²) in [5, 5.41) is 21.4. The van der Waals surface area contributed by atoms with E-state index in [9.17, 15) is 15.3 Å². The number of carbonyl (C=O) groups excluding carboxylic acids is 1. The second kappa shape index (κ2) is 8.53. The molecule has 5 heteroatoms. The molecule has 1 heterocycles. The van der Waals surface area contributed by atoms with Crippen molar-refractivity contribution in [1.29, 1.82) is 10.5 Å². The van der Waals surface area contributed by atoms with Gasteiger partial charge in [0.25, 0.3) is 5.91 Å². The van der Waals surface area contributed by atoms with Crippen molar-refractivity contribution in [2.75, 3.05) is 0 Å². The molecule has 3 aromatic rings. The third-order valence-electron chi connectivity index (χ3n) is 4.24. The number of hydrogen-bond donors (Lipinski definition) is 1. The Bertz CT molecular complexity index is 1100. The van der Waals surface area contributed by atoms with Crippen LogP contribution in [0.15, 0.2) is 76.7 Å². The van der Waals surface area contributed by atoms with Gasteiger partial charge in [-0.2, -0.15) is 10.5 Å². The van der Waals surface area contributed by atoms with Crippen LogP contribution in [0.4, 0.5) is 0 Å². The second-order valence-corrected chi connectivity index (χ2v) is 6.14. The largest absolute Gasteiger partial charge is 0.457 e. The van der Waals surface area contributed by atoms with E-state index in [1.54, 1.807) is 30.3 Å². The Kier molecular flexibility index (Phi) is 5.69. The predicted octanol–water partition coefficient (Wildman–Crippen LogP) is 4.60. The highest BCUT2D eigenvalue weighted by Crippen LogP contribution is 2.26. The van der Waals surface area contributed by atoms with Crippen molar-refractivity contribution in [3.05, 3.63) is 89.2 Å². The highest BCUT2D eigenvalue weighted by Gasteiger charge is 2.15. The Labute approximate surface area is 163 Å². The zero-order valence-electron chi connectivity index (χ0n) is 15.2. The molecule has 0 aliphatic rings. The van der Waals surface area contributed by atoms with E-state index in [1.807, 2.05) is 49.4 Å². The zero-order valence-corrected chi connectivity index (χ0v) is 15.2. The van der Waals surface area contributed by atoms with Crippen LogP contribution >= 0.6 is 0 Å². The van der Waals surface area contributed by atoms with Crippen LogP contribution in [0.1, 0.15) is 29.9 Å². The molecule has 0 saturated carbocycles. The van der Waals surface area contributed by atoms with E-state index in [1.165, 1.54) is 6.08 Å². The highest BCUT2D eigenvalue weighted by atomic mass is 16.3. The number of carbonyl (C=O) groups is 1. The topological polar surface area (TPSA) is 89.8 Å². The van der Waals surface area contributed by atoms with Gasteiger partial charge in [0.2, 0.25) is 0 Å². The molecule has 0 saturated heterocycles. The van der Waals surface area contributed by atoms with E-state index in [0.29, 0.717) is 22.6 Å². The fourth-order valence-electron chi connectivity index (χ4n) is 2.76. The summed E-state index contributed by atoms with van der Waals surface area (Å²) in [5.41, 5.74) is 2.03. The van der Waals surface area contributed by atoms with Crippen LogP contribution in [0, 0.1) is 22.7 Å². The van der Waals surface area contributed by atoms with Crippen LogP contribution in [0.25, 0.3) is 17.4 Å². The minimum atomic E-state index is -0.478. The third kappa shape index (κ3) is 4.17. The lowest BCUT2D eigenvalue weighted by Gasteiger charge is -2.13. The van der Waals surface area contributed by atoms with Crippen LogP contribution < -0.4 is 5.32 Å². The van der Waals surface area contributed by atoms with Crippen molar-refractivity contribution < 1.29 is 9.21 Å². The van der Waals surface area contributed by atoms with Gasteiger partial charge in [0.05, 0.1) is 17.7 Å². The van der Waals surface area contributed by atoms with Crippen LogP contribution in [-0.2, 0) is 4.79 Å². The first-order chi connectivity index (χ1) is 13.6. The molecule has 0 spiro atoms. The molecule has 0 aliphatic carbocycles. The smallest absolute Gasteiger partial charge is 0.262 e. The maximum atomic E-state index is 12.5. The van der Waals surface area contributed by atoms with Gasteiger partial charge in [-0.25, -0.2) is 0 Å². The Morgan fingerprint density at radius 3 is 2.46 bits per heavy atom. The first-order valence-corrected chi connectivity index (χ1v) is 8.69. The van der Waals surface area contributed by atoms with E-state index in [0.717, 1.165) is 5.56 Å². The summed E-state index contributed by atoms with van der Waals surface area (Å²) in [6, 6.07) is 23.7. The average Bonchev–Trinajstić information content (AvgIpc) is 3.20. The molecule has 1 N–H and O–H groups in total. The molecule has 1 amide bonds. The lowest BCUT2D eigenvalue weighted by molar-refractivity contribution is -0.117. The van der Waals surface area contributed by atoms with Gasteiger partial charge < -0.3 is 9.73 Å². The first kappa shape index (κ1) is 18.7. The van der Waals surface area contributed by atoms with Gasteiger partial charge >= 0.3 is 0 Å². The normalized spacial score (nSPS) is 11.9. The number of amides is 1. The van der Waals surface area contributed by atoms with Gasteiger partial charge in [-0.3, -0.25) is 4.79 Å². The van der Waals surface area contributed by atoms with Gasteiger partial charge in [-0.05, 0) is 36.8 Å². The fraction of sp³-hybridized carbons (Fsp3) is 0.0870. The summed E-state index contributed by atoms with van der Waals surface area (Å²) >= 11 is 0. The number of nitriles is 2. The van der Waals surface area contributed by atoms with Gasteiger partial charge in [0, 0.05) is 11.6 Å². The molecule has 1 atom stereocenters. The fourth-order valence-corrected chi connectivity index (χ4v) is 2.76. The standard InChI is InChI=1S/C23H17N3O2/c1-16(17-7-3-2-4-8-17)26-23(27)19(15-25)13-20-11-12-22(28-20)21-10-6-5-9-18(21)14-24/h2-13,16H,1H3,(H,26,27)/b19-13-/t16-/m1/s1. The van der Waals surface area contributed by atoms with Crippen molar-refractivity contribution in [2.24, 2.45) is 0 Å². The number of nitrogens with zero attached hydrogens (tertiary/aromatic N) is 2. The molecule has 3 rings (SSSR count). The van der Waals surface area contributed by atoms with Crippen LogP contribution in [-0.4, -0.2) is 5.91 Å². The molecule has 5 nitrogen and oxygen atoms in total. The van der Waals surface area contributed by atoms with Gasteiger partial charge in [0.15, 0.2) is 0 Å². The van der Waals surface area contributed by atoms with E-state index in [2.05, 4.69) is 11.4 Å². The van der Waals surface area contributed by atoms with Gasteiger partial charge in [-0.1, -0.05) is 42.5 Å². The first-order valence-electron chi connectivity index (χ1n) is 8.69. The molecule has 0 bridgehead atoms. The number of nitrogens with one attached hydrogen (secondary N) is 1. The maximum absolute atomic E-state index is 12.5. The summed E-state index contributed by atoms with van der Waals surface area (Å²) in [6.07, 6.45) is 1.39. The molecular weight excluding hydrogens is 350 g/mol. The summed E-state index contributed by atoms with van der Waals surface area (Å²) in [4.78, 5) is 12.5. The third-order valence-corrected chi connectivity index (χ3v) is 4.24. The molecule has 0 unspecified atom stereocenters. The highest BCUT2D eigenvalue weighted by molar-refractivity contribution is 6.01. The SMILES string of the molecule is C[C@@H](NC(=O)/C(C#N)=C\c1ccc(-c2ccccc2C#N)o1)c1ccccc1. The Balaban J connectivity index is 1.80. The zero-order chi connectivity index (χ0) is 19.9. The van der Waals surface area contributed by atoms with E-state index < -0.39 is 5.91 Å². The minimum absolute atomic E-state index is 0.0581. The summed E-state index contributed by atoms with van der Waals surface area (Å²) < 4.78 is 5.73. The summed E-state index contributed by atoms with van der Waals surface area (Å²) in [5.74, 6) is 0.384. The Morgan fingerprint density at radius 2 is 1.75 bits per heavy atom. The molecule has 2 aromatic carbocycles. The number of hydrogen-bond acceptors (Lipinski definition) is 4. The number of benzene rings is 2. The summed E-state index contributed by atoms with van der Waals surface area (Å²) in [6.45, 7) is 1.85. The molecule has 1 aromatic heterocycles. The molecular formula is C23H17N3O2. The van der Waals surface area contributed by atoms with Crippen molar-refractivity contribution >= 4 is 12.0 Å². The van der Waals surface area contributed by atoms with Crippen molar-refractivity contribution in [1.82, 2.24) is 5.32 Å². The number of rotatable bonds is 5. The van der Waals surface area contributed by atoms with E-state index in [-0.39, 0.29) is 11.6 Å². The average molecular weight is 367 g/mol. The molecule has 136 valence electrons. The minimum Gasteiger partial charge on any atom is -0.457 e. The van der Waals surface area contributed by atoms with Crippen LogP contribution in [0.2, 0.25) is 0 Å². The van der Waals surface area contributed by atoms with E-state index >= 15 is 0 Å². The molecule has 0 radical (unpaired) electrons.